The maximum absolute atomic E-state index is 4.71. The molecule has 0 spiro atoms. The van der Waals surface area contributed by atoms with Crippen LogP contribution in [0.1, 0.15) is 5.56 Å². The average Bonchev–Trinajstić information content (AvgIpc) is 2.76. The van der Waals surface area contributed by atoms with Crippen molar-refractivity contribution in [2.75, 3.05) is 11.9 Å². The van der Waals surface area contributed by atoms with Crippen LogP contribution in [0.3, 0.4) is 0 Å². The molecule has 3 heteroatoms. The lowest BCUT2D eigenvalue weighted by molar-refractivity contribution is 0.910. The Labute approximate surface area is 113 Å². The summed E-state index contributed by atoms with van der Waals surface area (Å²) in [6.07, 6.45) is 0. The van der Waals surface area contributed by atoms with Gasteiger partial charge in [0.15, 0.2) is 0 Å². The smallest absolute Gasteiger partial charge is 0.210 e. The van der Waals surface area contributed by atoms with Gasteiger partial charge in [0.25, 0.3) is 0 Å². The normalized spacial score (nSPS) is 10.9. The third kappa shape index (κ3) is 1.97. The van der Waals surface area contributed by atoms with Gasteiger partial charge in [0.1, 0.15) is 0 Å². The molecule has 3 aromatic rings. The molecule has 0 aliphatic rings. The zero-order valence-corrected chi connectivity index (χ0v) is 11.5. The molecule has 19 heavy (non-hydrogen) atoms. The predicted molar refractivity (Wildman–Crippen MR) is 80.0 cm³/mol. The first-order chi connectivity index (χ1) is 9.16. The fraction of sp³-hybridized carbons (Fsp3) is 0.188. The molecule has 96 valence electrons. The molecule has 2 aromatic carbocycles. The molecule has 0 unspecified atom stereocenters. The highest BCUT2D eigenvalue weighted by molar-refractivity contribution is 5.79. The van der Waals surface area contributed by atoms with Crippen LogP contribution in [0.25, 0.3) is 11.0 Å². The number of nitrogens with zero attached hydrogens (tertiary/aromatic N) is 3. The number of benzene rings is 2. The molecule has 0 N–H and O–H groups in total. The lowest BCUT2D eigenvalue weighted by Gasteiger charge is -2.18. The van der Waals surface area contributed by atoms with Gasteiger partial charge in [0, 0.05) is 19.8 Å². The van der Waals surface area contributed by atoms with E-state index in [1.165, 1.54) is 5.56 Å². The number of aromatic nitrogens is 2. The molecule has 0 radical (unpaired) electrons. The minimum absolute atomic E-state index is 0.951. The van der Waals surface area contributed by atoms with Crippen LogP contribution in [0, 0.1) is 6.92 Å². The molecule has 0 saturated carbocycles. The van der Waals surface area contributed by atoms with Crippen molar-refractivity contribution in [3.63, 3.8) is 0 Å². The number of aryl methyl sites for hydroxylation is 2. The van der Waals surface area contributed by atoms with Crippen molar-refractivity contribution in [3.8, 4) is 0 Å². The Morgan fingerprint density at radius 3 is 2.58 bits per heavy atom. The molecular weight excluding hydrogens is 234 g/mol. The quantitative estimate of drug-likeness (QED) is 0.693. The Bertz CT molecular complexity index is 728. The number of imidazole rings is 1. The van der Waals surface area contributed by atoms with Gasteiger partial charge in [0.05, 0.1) is 11.0 Å². The maximum atomic E-state index is 4.71. The molecule has 0 fully saturated rings. The molecule has 0 saturated heterocycles. The van der Waals surface area contributed by atoms with Crippen LogP contribution in [0.4, 0.5) is 11.6 Å². The summed E-state index contributed by atoms with van der Waals surface area (Å²) in [4.78, 5) is 6.83. The standard InChI is InChI=1S/C16H17N3/c1-12-7-6-8-13(11-12)18(2)16-17-14-9-4-5-10-15(14)19(16)3/h4-11H,1-3H3. The predicted octanol–water partition coefficient (Wildman–Crippen LogP) is 3.65. The van der Waals surface area contributed by atoms with Crippen molar-refractivity contribution in [1.82, 2.24) is 9.55 Å². The van der Waals surface area contributed by atoms with E-state index in [1.54, 1.807) is 0 Å². The van der Waals surface area contributed by atoms with E-state index in [1.807, 2.05) is 18.2 Å². The summed E-state index contributed by atoms with van der Waals surface area (Å²) in [6, 6.07) is 16.6. The van der Waals surface area contributed by atoms with Crippen LogP contribution in [0.2, 0.25) is 0 Å². The van der Waals surface area contributed by atoms with E-state index in [-0.39, 0.29) is 0 Å². The van der Waals surface area contributed by atoms with Crippen LogP contribution in [-0.4, -0.2) is 16.6 Å². The highest BCUT2D eigenvalue weighted by atomic mass is 15.3. The van der Waals surface area contributed by atoms with Crippen LogP contribution >= 0.6 is 0 Å². The van der Waals surface area contributed by atoms with E-state index in [9.17, 15) is 0 Å². The molecule has 0 aliphatic heterocycles. The highest BCUT2D eigenvalue weighted by Gasteiger charge is 2.12. The Kier molecular flexibility index (Phi) is 2.75. The summed E-state index contributed by atoms with van der Waals surface area (Å²) in [5, 5.41) is 0. The Morgan fingerprint density at radius 1 is 1.05 bits per heavy atom. The van der Waals surface area contributed by atoms with E-state index >= 15 is 0 Å². The molecule has 0 amide bonds. The summed E-state index contributed by atoms with van der Waals surface area (Å²) < 4.78 is 2.12. The lowest BCUT2D eigenvalue weighted by atomic mass is 10.2. The summed E-state index contributed by atoms with van der Waals surface area (Å²) in [5.41, 5.74) is 4.58. The van der Waals surface area contributed by atoms with Crippen LogP contribution in [0.5, 0.6) is 0 Å². The van der Waals surface area contributed by atoms with E-state index in [0.29, 0.717) is 0 Å². The van der Waals surface area contributed by atoms with Crippen LogP contribution < -0.4 is 4.90 Å². The maximum Gasteiger partial charge on any atom is 0.210 e. The number of rotatable bonds is 2. The number of fused-ring (bicyclic) bond motifs is 1. The highest BCUT2D eigenvalue weighted by Crippen LogP contribution is 2.26. The van der Waals surface area contributed by atoms with Crippen molar-refractivity contribution < 1.29 is 0 Å². The summed E-state index contributed by atoms with van der Waals surface area (Å²) in [7, 11) is 4.10. The zero-order valence-electron chi connectivity index (χ0n) is 11.5. The van der Waals surface area contributed by atoms with Gasteiger partial charge in [-0.15, -0.1) is 0 Å². The molecule has 3 nitrogen and oxygen atoms in total. The van der Waals surface area contributed by atoms with Gasteiger partial charge in [-0.1, -0.05) is 24.3 Å². The van der Waals surface area contributed by atoms with Crippen LogP contribution in [0.15, 0.2) is 48.5 Å². The third-order valence-corrected chi connectivity index (χ3v) is 3.45. The second-order valence-corrected chi connectivity index (χ2v) is 4.86. The van der Waals surface area contributed by atoms with E-state index < -0.39 is 0 Å². The van der Waals surface area contributed by atoms with Gasteiger partial charge >= 0.3 is 0 Å². The average molecular weight is 251 g/mol. The number of hydrogen-bond donors (Lipinski definition) is 0. The molecule has 1 heterocycles. The topological polar surface area (TPSA) is 21.1 Å². The van der Waals surface area contributed by atoms with E-state index in [0.717, 1.165) is 22.7 Å². The number of para-hydroxylation sites is 2. The van der Waals surface area contributed by atoms with Crippen LogP contribution in [-0.2, 0) is 7.05 Å². The summed E-state index contributed by atoms with van der Waals surface area (Å²) in [6.45, 7) is 2.10. The number of anilines is 2. The van der Waals surface area contributed by atoms with Gasteiger partial charge in [-0.2, -0.15) is 0 Å². The molecule has 1 aromatic heterocycles. The van der Waals surface area contributed by atoms with E-state index in [2.05, 4.69) is 60.8 Å². The molecule has 0 atom stereocenters. The van der Waals surface area contributed by atoms with Gasteiger partial charge in [-0.3, -0.25) is 0 Å². The van der Waals surface area contributed by atoms with Gasteiger partial charge in [-0.25, -0.2) is 4.98 Å². The minimum atomic E-state index is 0.951. The molecule has 0 bridgehead atoms. The fourth-order valence-electron chi connectivity index (χ4n) is 2.38. The van der Waals surface area contributed by atoms with Crippen molar-refractivity contribution >= 4 is 22.7 Å². The SMILES string of the molecule is Cc1cccc(N(C)c2nc3ccccc3n2C)c1. The van der Waals surface area contributed by atoms with E-state index in [4.69, 9.17) is 4.98 Å². The molecule has 3 rings (SSSR count). The zero-order chi connectivity index (χ0) is 13.4. The largest absolute Gasteiger partial charge is 0.315 e. The Hall–Kier alpha value is -2.29. The van der Waals surface area contributed by atoms with Crippen molar-refractivity contribution in [3.05, 3.63) is 54.1 Å². The van der Waals surface area contributed by atoms with Crippen molar-refractivity contribution in [1.29, 1.82) is 0 Å². The third-order valence-electron chi connectivity index (χ3n) is 3.45. The Balaban J connectivity index is 2.11. The second kappa shape index (κ2) is 4.43. The summed E-state index contributed by atoms with van der Waals surface area (Å²) in [5.74, 6) is 0.951. The second-order valence-electron chi connectivity index (χ2n) is 4.86. The minimum Gasteiger partial charge on any atom is -0.315 e. The molecule has 0 aliphatic carbocycles. The Morgan fingerprint density at radius 2 is 1.84 bits per heavy atom. The monoisotopic (exact) mass is 251 g/mol. The first-order valence-corrected chi connectivity index (χ1v) is 6.38. The number of hydrogen-bond acceptors (Lipinski definition) is 2. The fourth-order valence-corrected chi connectivity index (χ4v) is 2.38. The van der Waals surface area contributed by atoms with Gasteiger partial charge in [-0.05, 0) is 36.8 Å². The van der Waals surface area contributed by atoms with Gasteiger partial charge in [0.2, 0.25) is 5.95 Å². The lowest BCUT2D eigenvalue weighted by Crippen LogP contribution is -2.14. The molecular formula is C16H17N3. The first-order valence-electron chi connectivity index (χ1n) is 6.38. The van der Waals surface area contributed by atoms with Gasteiger partial charge < -0.3 is 9.47 Å². The first kappa shape index (κ1) is 11.8. The summed E-state index contributed by atoms with van der Waals surface area (Å²) >= 11 is 0. The van der Waals surface area contributed by atoms with Crippen molar-refractivity contribution in [2.24, 2.45) is 7.05 Å². The van der Waals surface area contributed by atoms with Crippen molar-refractivity contribution in [2.45, 2.75) is 6.92 Å².